The topological polar surface area (TPSA) is 95.6 Å². The summed E-state index contributed by atoms with van der Waals surface area (Å²) in [6.45, 7) is 1.35. The van der Waals surface area contributed by atoms with Gasteiger partial charge in [-0.1, -0.05) is 30.3 Å². The first kappa shape index (κ1) is 22.0. The van der Waals surface area contributed by atoms with Gasteiger partial charge in [0.1, 0.15) is 0 Å². The van der Waals surface area contributed by atoms with Crippen molar-refractivity contribution in [1.29, 1.82) is 0 Å². The van der Waals surface area contributed by atoms with Crippen molar-refractivity contribution in [2.45, 2.75) is 19.3 Å². The van der Waals surface area contributed by atoms with E-state index in [1.165, 1.54) is 0 Å². The normalized spacial score (nSPS) is 16.8. The molecule has 1 atom stereocenters. The van der Waals surface area contributed by atoms with Crippen LogP contribution in [0.3, 0.4) is 0 Å². The van der Waals surface area contributed by atoms with E-state index < -0.39 is 10.0 Å². The second kappa shape index (κ2) is 9.86. The Kier molecular flexibility index (Phi) is 7.23. The molecule has 0 radical (unpaired) electrons. The molecule has 2 amide bonds. The fraction of sp³-hybridized carbons (Fsp3) is 0.364. The van der Waals surface area contributed by atoms with Crippen molar-refractivity contribution in [2.75, 3.05) is 31.2 Å². The Bertz CT molecular complexity index is 975. The van der Waals surface area contributed by atoms with Crippen molar-refractivity contribution >= 4 is 27.5 Å². The molecule has 0 aromatic heterocycles. The minimum absolute atomic E-state index is 0.0626. The second-order valence-corrected chi connectivity index (χ2v) is 9.39. The van der Waals surface area contributed by atoms with Crippen molar-refractivity contribution < 1.29 is 18.0 Å². The molecule has 1 saturated heterocycles. The lowest BCUT2D eigenvalue weighted by atomic mass is 9.96. The zero-order valence-electron chi connectivity index (χ0n) is 17.0. The van der Waals surface area contributed by atoms with Crippen molar-refractivity contribution in [3.05, 3.63) is 65.7 Å². The third kappa shape index (κ3) is 6.40. The second-order valence-electron chi connectivity index (χ2n) is 7.56. The van der Waals surface area contributed by atoms with Crippen LogP contribution in [-0.2, 0) is 21.2 Å². The average Bonchev–Trinajstić information content (AvgIpc) is 2.74. The van der Waals surface area contributed by atoms with Crippen molar-refractivity contribution in [3.63, 3.8) is 0 Å². The monoisotopic (exact) mass is 429 g/mol. The van der Waals surface area contributed by atoms with Crippen LogP contribution in [0, 0.1) is 5.92 Å². The number of sulfonamides is 1. The predicted octanol–water partition coefficient (Wildman–Crippen LogP) is 2.27. The molecule has 3 rings (SSSR count). The lowest BCUT2D eigenvalue weighted by Gasteiger charge is -2.32. The molecule has 1 fully saturated rings. The maximum Gasteiger partial charge on any atom is 0.253 e. The van der Waals surface area contributed by atoms with Gasteiger partial charge >= 0.3 is 0 Å². The molecule has 30 heavy (non-hydrogen) atoms. The predicted molar refractivity (Wildman–Crippen MR) is 117 cm³/mol. The number of benzene rings is 2. The van der Waals surface area contributed by atoms with Crippen LogP contribution in [0.4, 0.5) is 5.69 Å². The zero-order chi connectivity index (χ0) is 21.6. The van der Waals surface area contributed by atoms with Gasteiger partial charge in [-0.05, 0) is 49.1 Å². The molecule has 2 aromatic rings. The van der Waals surface area contributed by atoms with Crippen LogP contribution < -0.4 is 10.0 Å². The number of carbonyl (C=O) groups excluding carboxylic acids is 2. The summed E-state index contributed by atoms with van der Waals surface area (Å²) in [4.78, 5) is 27.2. The Morgan fingerprint density at radius 3 is 2.43 bits per heavy atom. The van der Waals surface area contributed by atoms with Gasteiger partial charge in [-0.25, -0.2) is 13.1 Å². The third-order valence-electron chi connectivity index (χ3n) is 5.10. The summed E-state index contributed by atoms with van der Waals surface area (Å²) in [6, 6.07) is 16.5. The number of hydrogen-bond donors (Lipinski definition) is 2. The third-order valence-corrected chi connectivity index (χ3v) is 5.83. The highest BCUT2D eigenvalue weighted by atomic mass is 32.2. The van der Waals surface area contributed by atoms with Crippen molar-refractivity contribution in [3.8, 4) is 0 Å². The van der Waals surface area contributed by atoms with Crippen LogP contribution in [0.1, 0.15) is 28.8 Å². The van der Waals surface area contributed by atoms with E-state index in [9.17, 15) is 18.0 Å². The van der Waals surface area contributed by atoms with Crippen LogP contribution in [-0.4, -0.2) is 51.0 Å². The summed E-state index contributed by atoms with van der Waals surface area (Å²) in [7, 11) is -3.21. The summed E-state index contributed by atoms with van der Waals surface area (Å²) < 4.78 is 24.7. The van der Waals surface area contributed by atoms with Crippen LogP contribution >= 0.6 is 0 Å². The van der Waals surface area contributed by atoms with Gasteiger partial charge in [0.15, 0.2) is 0 Å². The van der Waals surface area contributed by atoms with Crippen LogP contribution in [0.25, 0.3) is 0 Å². The molecule has 0 saturated carbocycles. The maximum absolute atomic E-state index is 12.9. The Balaban J connectivity index is 1.56. The van der Waals surface area contributed by atoms with Gasteiger partial charge in [-0.2, -0.15) is 0 Å². The molecular weight excluding hydrogens is 402 g/mol. The van der Waals surface area contributed by atoms with Crippen LogP contribution in [0.5, 0.6) is 0 Å². The molecule has 2 N–H and O–H groups in total. The highest BCUT2D eigenvalue weighted by Crippen LogP contribution is 2.21. The Labute approximate surface area is 177 Å². The van der Waals surface area contributed by atoms with E-state index in [1.807, 2.05) is 42.5 Å². The molecule has 0 aliphatic carbocycles. The summed E-state index contributed by atoms with van der Waals surface area (Å²) in [5, 5.41) is 2.92. The first-order chi connectivity index (χ1) is 14.3. The van der Waals surface area contributed by atoms with Crippen molar-refractivity contribution in [1.82, 2.24) is 9.62 Å². The fourth-order valence-corrected chi connectivity index (χ4v) is 3.99. The molecule has 2 aromatic carbocycles. The number of nitrogens with zero attached hydrogens (tertiary/aromatic N) is 1. The number of amides is 2. The van der Waals surface area contributed by atoms with E-state index in [0.717, 1.165) is 30.3 Å². The number of piperidine rings is 1. The average molecular weight is 430 g/mol. The largest absolute Gasteiger partial charge is 0.338 e. The van der Waals surface area contributed by atoms with E-state index in [0.29, 0.717) is 31.6 Å². The standard InChI is InChI=1S/C22H27N3O4S/c1-30(28,29)23-14-13-17-9-11-18(12-10-17)22(27)25-15-5-6-19(16-25)21(26)24-20-7-3-2-4-8-20/h2-4,7-12,19,23H,5-6,13-16H2,1H3,(H,24,26)/t19-/m0/s1. The number of hydrogen-bond acceptors (Lipinski definition) is 4. The molecular formula is C22H27N3O4S. The Hall–Kier alpha value is -2.71. The maximum atomic E-state index is 12.9. The lowest BCUT2D eigenvalue weighted by molar-refractivity contribution is -0.121. The highest BCUT2D eigenvalue weighted by Gasteiger charge is 2.29. The zero-order valence-corrected chi connectivity index (χ0v) is 17.8. The molecule has 1 aliphatic rings. The fourth-order valence-electron chi connectivity index (χ4n) is 3.52. The minimum Gasteiger partial charge on any atom is -0.338 e. The lowest BCUT2D eigenvalue weighted by Crippen LogP contribution is -2.43. The van der Waals surface area contributed by atoms with Gasteiger partial charge < -0.3 is 10.2 Å². The summed E-state index contributed by atoms with van der Waals surface area (Å²) >= 11 is 0. The number of rotatable bonds is 7. The van der Waals surface area contributed by atoms with Gasteiger partial charge in [0.25, 0.3) is 5.91 Å². The van der Waals surface area contributed by atoms with Gasteiger partial charge in [0.2, 0.25) is 15.9 Å². The van der Waals surface area contributed by atoms with E-state index in [-0.39, 0.29) is 17.7 Å². The number of carbonyl (C=O) groups is 2. The smallest absolute Gasteiger partial charge is 0.253 e. The van der Waals surface area contributed by atoms with Crippen molar-refractivity contribution in [2.24, 2.45) is 5.92 Å². The summed E-state index contributed by atoms with van der Waals surface area (Å²) in [5.41, 5.74) is 2.27. The van der Waals surface area contributed by atoms with E-state index in [1.54, 1.807) is 17.0 Å². The minimum atomic E-state index is -3.21. The van der Waals surface area contributed by atoms with E-state index in [4.69, 9.17) is 0 Å². The van der Waals surface area contributed by atoms with Gasteiger partial charge in [-0.3, -0.25) is 9.59 Å². The van der Waals surface area contributed by atoms with Crippen LogP contribution in [0.15, 0.2) is 54.6 Å². The molecule has 0 spiro atoms. The Morgan fingerprint density at radius 2 is 1.77 bits per heavy atom. The number of likely N-dealkylation sites (tertiary alicyclic amines) is 1. The molecule has 1 heterocycles. The number of para-hydroxylation sites is 1. The number of anilines is 1. The Morgan fingerprint density at radius 1 is 1.07 bits per heavy atom. The van der Waals surface area contributed by atoms with Crippen LogP contribution in [0.2, 0.25) is 0 Å². The van der Waals surface area contributed by atoms with Gasteiger partial charge in [-0.15, -0.1) is 0 Å². The molecule has 0 bridgehead atoms. The molecule has 8 heteroatoms. The molecule has 7 nitrogen and oxygen atoms in total. The molecule has 0 unspecified atom stereocenters. The van der Waals surface area contributed by atoms with Gasteiger partial charge in [0, 0.05) is 30.9 Å². The molecule has 160 valence electrons. The van der Waals surface area contributed by atoms with Gasteiger partial charge in [0.05, 0.1) is 12.2 Å². The summed E-state index contributed by atoms with van der Waals surface area (Å²) in [6.07, 6.45) is 3.22. The van der Waals surface area contributed by atoms with E-state index >= 15 is 0 Å². The SMILES string of the molecule is CS(=O)(=O)NCCc1ccc(C(=O)N2CCC[C@H](C(=O)Nc3ccccc3)C2)cc1. The first-order valence-corrected chi connectivity index (χ1v) is 11.9. The first-order valence-electron chi connectivity index (χ1n) is 10.0. The highest BCUT2D eigenvalue weighted by molar-refractivity contribution is 7.88. The molecule has 1 aliphatic heterocycles. The number of nitrogens with one attached hydrogen (secondary N) is 2. The van der Waals surface area contributed by atoms with E-state index in [2.05, 4.69) is 10.0 Å². The summed E-state index contributed by atoms with van der Waals surface area (Å²) in [5.74, 6) is -0.385. The quantitative estimate of drug-likeness (QED) is 0.706.